The average Bonchev–Trinajstić information content (AvgIpc) is 1.87. The van der Waals surface area contributed by atoms with E-state index in [0.717, 1.165) is 0 Å². The van der Waals surface area contributed by atoms with Crippen LogP contribution in [-0.2, 0) is 14.2 Å². The third-order valence-corrected chi connectivity index (χ3v) is 1.32. The first kappa shape index (κ1) is 7.72. The third-order valence-electron chi connectivity index (χ3n) is 1.32. The molecule has 1 rings (SSSR count). The van der Waals surface area contributed by atoms with Crippen molar-refractivity contribution in [3.05, 3.63) is 12.2 Å². The van der Waals surface area contributed by atoms with Crippen molar-refractivity contribution in [1.82, 2.24) is 0 Å². The molecule has 0 saturated heterocycles. The summed E-state index contributed by atoms with van der Waals surface area (Å²) in [4.78, 5) is 0. The van der Waals surface area contributed by atoms with Crippen molar-refractivity contribution < 1.29 is 14.2 Å². The first-order valence-corrected chi connectivity index (χ1v) is 3.28. The number of methoxy groups -OCH3 is 1. The average molecular weight is 144 g/mol. The van der Waals surface area contributed by atoms with E-state index < -0.39 is 0 Å². The van der Waals surface area contributed by atoms with E-state index in [0.29, 0.717) is 20.0 Å². The van der Waals surface area contributed by atoms with Crippen LogP contribution in [-0.4, -0.2) is 33.2 Å². The molecule has 0 bridgehead atoms. The van der Waals surface area contributed by atoms with Crippen LogP contribution in [0, 0.1) is 0 Å². The number of hydrogen-bond acceptors (Lipinski definition) is 3. The lowest BCUT2D eigenvalue weighted by molar-refractivity contribution is -0.0747. The fourth-order valence-corrected chi connectivity index (χ4v) is 0.749. The minimum Gasteiger partial charge on any atom is -0.375 e. The Morgan fingerprint density at radius 2 is 2.40 bits per heavy atom. The van der Waals surface area contributed by atoms with Crippen LogP contribution in [0.15, 0.2) is 12.2 Å². The van der Waals surface area contributed by atoms with E-state index in [9.17, 15) is 0 Å². The maximum Gasteiger partial charge on any atom is 0.147 e. The zero-order valence-electron chi connectivity index (χ0n) is 6.08. The van der Waals surface area contributed by atoms with Gasteiger partial charge in [-0.1, -0.05) is 12.2 Å². The Labute approximate surface area is 60.6 Å². The Balaban J connectivity index is 2.33. The summed E-state index contributed by atoms with van der Waals surface area (Å²) in [5.74, 6) is 0. The predicted octanol–water partition coefficient (Wildman–Crippen LogP) is 0.562. The van der Waals surface area contributed by atoms with E-state index in [1.54, 1.807) is 7.11 Å². The van der Waals surface area contributed by atoms with Gasteiger partial charge in [-0.2, -0.15) is 0 Å². The molecule has 0 radical (unpaired) electrons. The van der Waals surface area contributed by atoms with Crippen molar-refractivity contribution in [3.63, 3.8) is 0 Å². The summed E-state index contributed by atoms with van der Waals surface area (Å²) in [6.07, 6.45) is 3.97. The smallest absolute Gasteiger partial charge is 0.147 e. The topological polar surface area (TPSA) is 27.7 Å². The summed E-state index contributed by atoms with van der Waals surface area (Å²) in [6.45, 7) is 1.55. The van der Waals surface area contributed by atoms with Gasteiger partial charge in [0.15, 0.2) is 0 Å². The Kier molecular flexibility index (Phi) is 3.43. The maximum atomic E-state index is 5.08. The van der Waals surface area contributed by atoms with E-state index in [-0.39, 0.29) is 6.10 Å². The molecule has 10 heavy (non-hydrogen) atoms. The highest BCUT2D eigenvalue weighted by Crippen LogP contribution is 1.97. The first-order valence-electron chi connectivity index (χ1n) is 3.28. The summed E-state index contributed by atoms with van der Waals surface area (Å²) in [7, 11) is 1.67. The van der Waals surface area contributed by atoms with Gasteiger partial charge in [-0.25, -0.2) is 0 Å². The van der Waals surface area contributed by atoms with E-state index >= 15 is 0 Å². The molecule has 3 nitrogen and oxygen atoms in total. The standard InChI is InChI=1S/C7H12O3/c1-8-7-3-2-4-9-6-10-5-7/h2-3,7H,4-6H2,1H3. The zero-order valence-corrected chi connectivity index (χ0v) is 6.08. The molecule has 1 unspecified atom stereocenters. The molecule has 1 heterocycles. The van der Waals surface area contributed by atoms with Crippen molar-refractivity contribution in [2.24, 2.45) is 0 Å². The fourth-order valence-electron chi connectivity index (χ4n) is 0.749. The summed E-state index contributed by atoms with van der Waals surface area (Å²) < 4.78 is 15.1. The highest BCUT2D eigenvalue weighted by Gasteiger charge is 2.03. The molecule has 0 saturated carbocycles. The van der Waals surface area contributed by atoms with Crippen molar-refractivity contribution in [2.75, 3.05) is 27.1 Å². The van der Waals surface area contributed by atoms with E-state index in [1.807, 2.05) is 12.2 Å². The number of ether oxygens (including phenoxy) is 3. The van der Waals surface area contributed by atoms with Crippen LogP contribution >= 0.6 is 0 Å². The molecule has 0 N–H and O–H groups in total. The zero-order chi connectivity index (χ0) is 7.23. The molecule has 0 spiro atoms. The van der Waals surface area contributed by atoms with Crippen LogP contribution in [0.1, 0.15) is 0 Å². The third kappa shape index (κ3) is 2.47. The maximum absolute atomic E-state index is 5.08. The van der Waals surface area contributed by atoms with Crippen molar-refractivity contribution in [1.29, 1.82) is 0 Å². The molecular weight excluding hydrogens is 132 g/mol. The number of rotatable bonds is 1. The molecule has 58 valence electrons. The van der Waals surface area contributed by atoms with Gasteiger partial charge in [-0.05, 0) is 0 Å². The molecule has 1 aliphatic rings. The molecule has 0 fully saturated rings. The molecule has 0 aliphatic carbocycles. The monoisotopic (exact) mass is 144 g/mol. The van der Waals surface area contributed by atoms with Gasteiger partial charge in [0.1, 0.15) is 6.79 Å². The lowest BCUT2D eigenvalue weighted by Crippen LogP contribution is -2.19. The summed E-state index contributed by atoms with van der Waals surface area (Å²) >= 11 is 0. The van der Waals surface area contributed by atoms with Gasteiger partial charge in [0.25, 0.3) is 0 Å². The van der Waals surface area contributed by atoms with Crippen molar-refractivity contribution >= 4 is 0 Å². The van der Waals surface area contributed by atoms with Crippen LogP contribution in [0.4, 0.5) is 0 Å². The molecule has 0 aromatic rings. The van der Waals surface area contributed by atoms with E-state index in [4.69, 9.17) is 14.2 Å². The Morgan fingerprint density at radius 1 is 1.50 bits per heavy atom. The Morgan fingerprint density at radius 3 is 3.20 bits per heavy atom. The number of hydrogen-bond donors (Lipinski definition) is 0. The predicted molar refractivity (Wildman–Crippen MR) is 36.7 cm³/mol. The molecule has 0 aromatic heterocycles. The second-order valence-electron chi connectivity index (χ2n) is 2.06. The Bertz CT molecular complexity index is 111. The fraction of sp³-hybridized carbons (Fsp3) is 0.714. The quantitative estimate of drug-likeness (QED) is 0.503. The largest absolute Gasteiger partial charge is 0.375 e. The minimum absolute atomic E-state index is 0.0869. The molecule has 0 aromatic carbocycles. The van der Waals surface area contributed by atoms with E-state index in [1.165, 1.54) is 0 Å². The second-order valence-corrected chi connectivity index (χ2v) is 2.06. The van der Waals surface area contributed by atoms with Crippen LogP contribution in [0.5, 0.6) is 0 Å². The molecule has 3 heteroatoms. The summed E-state index contributed by atoms with van der Waals surface area (Å²) in [5, 5.41) is 0. The van der Waals surface area contributed by atoms with Crippen LogP contribution in [0.2, 0.25) is 0 Å². The van der Waals surface area contributed by atoms with Gasteiger partial charge < -0.3 is 14.2 Å². The minimum atomic E-state index is 0.0869. The van der Waals surface area contributed by atoms with Gasteiger partial charge in [-0.15, -0.1) is 0 Å². The molecular formula is C7H12O3. The highest BCUT2D eigenvalue weighted by molar-refractivity contribution is 4.89. The lowest BCUT2D eigenvalue weighted by atomic mass is 10.3. The van der Waals surface area contributed by atoms with Gasteiger partial charge in [0, 0.05) is 7.11 Å². The Hall–Kier alpha value is -0.380. The lowest BCUT2D eigenvalue weighted by Gasteiger charge is -2.13. The normalized spacial score (nSPS) is 27.5. The van der Waals surface area contributed by atoms with Crippen LogP contribution in [0.25, 0.3) is 0 Å². The first-order chi connectivity index (χ1) is 4.93. The SMILES string of the molecule is COC1C=CCOCOC1. The van der Waals surface area contributed by atoms with E-state index in [2.05, 4.69) is 0 Å². The second kappa shape index (κ2) is 4.44. The van der Waals surface area contributed by atoms with Crippen molar-refractivity contribution in [2.45, 2.75) is 6.10 Å². The van der Waals surface area contributed by atoms with Crippen LogP contribution in [0.3, 0.4) is 0 Å². The van der Waals surface area contributed by atoms with Gasteiger partial charge in [0.05, 0.1) is 19.3 Å². The summed E-state index contributed by atoms with van der Waals surface area (Å²) in [6, 6.07) is 0. The molecule has 1 aliphatic heterocycles. The van der Waals surface area contributed by atoms with Gasteiger partial charge >= 0.3 is 0 Å². The van der Waals surface area contributed by atoms with Gasteiger partial charge in [0.2, 0.25) is 0 Å². The van der Waals surface area contributed by atoms with Gasteiger partial charge in [-0.3, -0.25) is 0 Å². The van der Waals surface area contributed by atoms with Crippen LogP contribution < -0.4 is 0 Å². The highest BCUT2D eigenvalue weighted by atomic mass is 16.7. The molecule has 0 amide bonds. The summed E-state index contributed by atoms with van der Waals surface area (Å²) in [5.41, 5.74) is 0. The van der Waals surface area contributed by atoms with Crippen molar-refractivity contribution in [3.8, 4) is 0 Å². The molecule has 1 atom stereocenters.